The van der Waals surface area contributed by atoms with E-state index in [-0.39, 0.29) is 5.70 Å². The van der Waals surface area contributed by atoms with Crippen LogP contribution in [-0.4, -0.2) is 49.6 Å². The number of anilines is 2. The average Bonchev–Trinajstić information content (AvgIpc) is 2.93. The van der Waals surface area contributed by atoms with Crippen molar-refractivity contribution in [3.8, 4) is 17.1 Å². The Morgan fingerprint density at radius 2 is 1.82 bits per heavy atom. The standard InChI is InChI=1S/C27H27F3N6O2/c1-37-24-15-18(36-11-13-38-14-12-36)7-8-20(24)26(31)16-23(21(17-34-26)27(28,29)30)35-22-6-3-2-5-19(22)25-32-9-4-10-33-25/h2-10,15-17,34-35H,11-14,31H2,1H3. The molecule has 2 aromatic carbocycles. The van der Waals surface area contributed by atoms with Crippen LogP contribution in [0.3, 0.4) is 0 Å². The number of dihydropyridines is 1. The van der Waals surface area contributed by atoms with E-state index < -0.39 is 17.4 Å². The highest BCUT2D eigenvalue weighted by atomic mass is 19.4. The van der Waals surface area contributed by atoms with Gasteiger partial charge in [0.15, 0.2) is 5.82 Å². The number of alkyl halides is 3. The number of allylic oxidation sites excluding steroid dienone is 1. The monoisotopic (exact) mass is 524 g/mol. The first kappa shape index (κ1) is 25.6. The molecule has 38 heavy (non-hydrogen) atoms. The Hall–Kier alpha value is -4.09. The Balaban J connectivity index is 1.54. The summed E-state index contributed by atoms with van der Waals surface area (Å²) >= 11 is 0. The Kier molecular flexibility index (Phi) is 6.96. The summed E-state index contributed by atoms with van der Waals surface area (Å²) in [7, 11) is 1.50. The van der Waals surface area contributed by atoms with E-state index in [9.17, 15) is 13.2 Å². The van der Waals surface area contributed by atoms with Crippen molar-refractivity contribution in [2.45, 2.75) is 11.8 Å². The molecular formula is C27H27F3N6O2. The molecule has 1 atom stereocenters. The van der Waals surface area contributed by atoms with E-state index in [2.05, 4.69) is 25.5 Å². The molecule has 2 aliphatic heterocycles. The molecule has 198 valence electrons. The molecule has 0 amide bonds. The molecular weight excluding hydrogens is 497 g/mol. The lowest BCUT2D eigenvalue weighted by molar-refractivity contribution is -0.0900. The first-order chi connectivity index (χ1) is 18.3. The lowest BCUT2D eigenvalue weighted by atomic mass is 9.93. The normalized spacial score (nSPS) is 19.8. The zero-order chi connectivity index (χ0) is 26.8. The highest BCUT2D eigenvalue weighted by Crippen LogP contribution is 2.40. The summed E-state index contributed by atoms with van der Waals surface area (Å²) in [5, 5.41) is 5.69. The van der Waals surface area contributed by atoms with Crippen molar-refractivity contribution in [2.75, 3.05) is 43.6 Å². The van der Waals surface area contributed by atoms with Gasteiger partial charge in [-0.25, -0.2) is 9.97 Å². The number of aromatic nitrogens is 2. The maximum atomic E-state index is 14.1. The Labute approximate surface area is 218 Å². The zero-order valence-electron chi connectivity index (χ0n) is 20.6. The molecule has 3 heterocycles. The van der Waals surface area contributed by atoms with Crippen molar-refractivity contribution < 1.29 is 22.6 Å². The van der Waals surface area contributed by atoms with Gasteiger partial charge in [-0.15, -0.1) is 0 Å². The number of halogens is 3. The van der Waals surface area contributed by atoms with Crippen LogP contribution in [0.1, 0.15) is 5.56 Å². The second-order valence-electron chi connectivity index (χ2n) is 8.85. The van der Waals surface area contributed by atoms with Crippen LogP contribution in [0, 0.1) is 0 Å². The van der Waals surface area contributed by atoms with E-state index >= 15 is 0 Å². The molecule has 1 aromatic heterocycles. The number of methoxy groups -OCH3 is 1. The lowest BCUT2D eigenvalue weighted by Gasteiger charge is -2.35. The molecule has 5 rings (SSSR count). The molecule has 2 aliphatic rings. The van der Waals surface area contributed by atoms with E-state index in [4.69, 9.17) is 15.2 Å². The predicted octanol–water partition coefficient (Wildman–Crippen LogP) is 4.15. The van der Waals surface area contributed by atoms with E-state index in [1.54, 1.807) is 48.8 Å². The second kappa shape index (κ2) is 10.3. The van der Waals surface area contributed by atoms with Gasteiger partial charge in [-0.05, 0) is 36.4 Å². The smallest absolute Gasteiger partial charge is 0.419 e. The molecule has 8 nitrogen and oxygen atoms in total. The van der Waals surface area contributed by atoms with Crippen molar-refractivity contribution in [3.05, 3.63) is 90.0 Å². The topological polar surface area (TPSA) is 97.6 Å². The fourth-order valence-electron chi connectivity index (χ4n) is 4.52. The van der Waals surface area contributed by atoms with Gasteiger partial charge < -0.3 is 30.7 Å². The minimum absolute atomic E-state index is 0.207. The first-order valence-electron chi connectivity index (χ1n) is 12.0. The van der Waals surface area contributed by atoms with E-state index in [0.29, 0.717) is 41.6 Å². The summed E-state index contributed by atoms with van der Waals surface area (Å²) in [6.07, 6.45) is 0.711. The summed E-state index contributed by atoms with van der Waals surface area (Å²) in [6.45, 7) is 2.69. The van der Waals surface area contributed by atoms with Crippen LogP contribution in [0.15, 0.2) is 84.5 Å². The van der Waals surface area contributed by atoms with Gasteiger partial charge in [0, 0.05) is 60.3 Å². The van der Waals surface area contributed by atoms with Crippen LogP contribution in [0.5, 0.6) is 5.75 Å². The molecule has 0 saturated carbocycles. The quantitative estimate of drug-likeness (QED) is 0.443. The molecule has 1 unspecified atom stereocenters. The van der Waals surface area contributed by atoms with Crippen LogP contribution in [0.4, 0.5) is 24.5 Å². The van der Waals surface area contributed by atoms with Crippen LogP contribution < -0.4 is 26.0 Å². The van der Waals surface area contributed by atoms with Crippen LogP contribution in [0.2, 0.25) is 0 Å². The van der Waals surface area contributed by atoms with E-state index in [0.717, 1.165) is 25.0 Å². The van der Waals surface area contributed by atoms with Gasteiger partial charge in [0.1, 0.15) is 11.4 Å². The maximum absolute atomic E-state index is 14.1. The van der Waals surface area contributed by atoms with Crippen LogP contribution in [-0.2, 0) is 10.4 Å². The highest BCUT2D eigenvalue weighted by molar-refractivity contribution is 5.76. The zero-order valence-corrected chi connectivity index (χ0v) is 20.6. The lowest BCUT2D eigenvalue weighted by Crippen LogP contribution is -2.50. The molecule has 3 aromatic rings. The number of hydrogen-bond acceptors (Lipinski definition) is 8. The van der Waals surface area contributed by atoms with E-state index in [1.165, 1.54) is 13.2 Å². The fourth-order valence-corrected chi connectivity index (χ4v) is 4.52. The van der Waals surface area contributed by atoms with Gasteiger partial charge in [0.2, 0.25) is 0 Å². The molecule has 4 N–H and O–H groups in total. The summed E-state index contributed by atoms with van der Waals surface area (Å²) in [4.78, 5) is 10.6. The van der Waals surface area contributed by atoms with Gasteiger partial charge in [-0.1, -0.05) is 12.1 Å². The minimum atomic E-state index is -4.64. The van der Waals surface area contributed by atoms with Crippen LogP contribution in [0.25, 0.3) is 11.4 Å². The number of nitrogens with zero attached hydrogens (tertiary/aromatic N) is 3. The number of para-hydroxylation sites is 1. The number of hydrogen-bond donors (Lipinski definition) is 3. The number of benzene rings is 2. The van der Waals surface area contributed by atoms with Crippen molar-refractivity contribution in [1.82, 2.24) is 15.3 Å². The van der Waals surface area contributed by atoms with Crippen molar-refractivity contribution in [1.29, 1.82) is 0 Å². The molecule has 0 aliphatic carbocycles. The number of nitrogens with one attached hydrogen (secondary N) is 2. The number of nitrogens with two attached hydrogens (primary N) is 1. The molecule has 0 radical (unpaired) electrons. The molecule has 1 fully saturated rings. The SMILES string of the molecule is COc1cc(N2CCOCC2)ccc1C1(N)C=C(Nc2ccccc2-c2ncccn2)C(C(F)(F)F)=CN1. The number of ether oxygens (including phenoxy) is 2. The third-order valence-electron chi connectivity index (χ3n) is 6.43. The molecule has 0 bridgehead atoms. The largest absolute Gasteiger partial charge is 0.496 e. The highest BCUT2D eigenvalue weighted by Gasteiger charge is 2.42. The van der Waals surface area contributed by atoms with Crippen molar-refractivity contribution >= 4 is 11.4 Å². The Morgan fingerprint density at radius 1 is 1.08 bits per heavy atom. The predicted molar refractivity (Wildman–Crippen MR) is 138 cm³/mol. The minimum Gasteiger partial charge on any atom is -0.496 e. The van der Waals surface area contributed by atoms with E-state index in [1.807, 2.05) is 12.1 Å². The summed E-state index contributed by atoms with van der Waals surface area (Å²) < 4.78 is 53.3. The van der Waals surface area contributed by atoms with Gasteiger partial charge >= 0.3 is 6.18 Å². The van der Waals surface area contributed by atoms with Gasteiger partial charge in [-0.3, -0.25) is 0 Å². The molecule has 11 heteroatoms. The third-order valence-corrected chi connectivity index (χ3v) is 6.43. The number of rotatable bonds is 6. The Bertz CT molecular complexity index is 1360. The fraction of sp³-hybridized carbons (Fsp3) is 0.259. The second-order valence-corrected chi connectivity index (χ2v) is 8.85. The average molecular weight is 525 g/mol. The molecule has 1 saturated heterocycles. The molecule has 0 spiro atoms. The summed E-state index contributed by atoms with van der Waals surface area (Å²) in [5.41, 5.74) is 6.45. The Morgan fingerprint density at radius 3 is 2.53 bits per heavy atom. The number of morpholine rings is 1. The van der Waals surface area contributed by atoms with Gasteiger partial charge in [0.05, 0.1) is 31.6 Å². The van der Waals surface area contributed by atoms with Crippen LogP contribution >= 0.6 is 0 Å². The first-order valence-corrected chi connectivity index (χ1v) is 12.0. The van der Waals surface area contributed by atoms with Crippen molar-refractivity contribution in [2.24, 2.45) is 5.73 Å². The van der Waals surface area contributed by atoms with Crippen molar-refractivity contribution in [3.63, 3.8) is 0 Å². The third kappa shape index (κ3) is 5.15. The maximum Gasteiger partial charge on any atom is 0.419 e. The van der Waals surface area contributed by atoms with Gasteiger partial charge in [-0.2, -0.15) is 13.2 Å². The summed E-state index contributed by atoms with van der Waals surface area (Å²) in [5.74, 6) is 0.823. The van der Waals surface area contributed by atoms with Gasteiger partial charge in [0.25, 0.3) is 0 Å². The summed E-state index contributed by atoms with van der Waals surface area (Å²) in [6, 6.07) is 14.0.